The maximum atomic E-state index is 5.92. The smallest absolute Gasteiger partial charge is 0.00509 e. The summed E-state index contributed by atoms with van der Waals surface area (Å²) in [6.07, 6.45) is 7.60. The van der Waals surface area contributed by atoms with E-state index in [9.17, 15) is 0 Å². The van der Waals surface area contributed by atoms with Gasteiger partial charge in [-0.2, -0.15) is 0 Å². The molecule has 15 heavy (non-hydrogen) atoms. The first-order valence-electron chi connectivity index (χ1n) is 6.11. The predicted molar refractivity (Wildman–Crippen MR) is 67.3 cm³/mol. The second-order valence-electron chi connectivity index (χ2n) is 4.71. The Morgan fingerprint density at radius 3 is 2.47 bits per heavy atom. The molecule has 0 spiro atoms. The van der Waals surface area contributed by atoms with Gasteiger partial charge in [-0.1, -0.05) is 6.92 Å². The van der Waals surface area contributed by atoms with E-state index in [1.807, 2.05) is 11.3 Å². The molecule has 0 aliphatic heterocycles. The molecule has 2 N–H and O–H groups in total. The van der Waals surface area contributed by atoms with E-state index in [-0.39, 0.29) is 0 Å². The van der Waals surface area contributed by atoms with Gasteiger partial charge in [0.05, 0.1) is 0 Å². The SMILES string of the molecule is CCc1ccc(CC2CCC(N)CC2)s1. The van der Waals surface area contributed by atoms with Crippen LogP contribution in [0.1, 0.15) is 42.4 Å². The quantitative estimate of drug-likeness (QED) is 0.835. The Morgan fingerprint density at radius 2 is 1.87 bits per heavy atom. The largest absolute Gasteiger partial charge is 0.328 e. The van der Waals surface area contributed by atoms with E-state index >= 15 is 0 Å². The molecule has 0 atom stereocenters. The van der Waals surface area contributed by atoms with Gasteiger partial charge in [-0.25, -0.2) is 0 Å². The van der Waals surface area contributed by atoms with Gasteiger partial charge in [0.1, 0.15) is 0 Å². The minimum atomic E-state index is 0.482. The Morgan fingerprint density at radius 1 is 1.20 bits per heavy atom. The van der Waals surface area contributed by atoms with Gasteiger partial charge in [-0.05, 0) is 56.6 Å². The topological polar surface area (TPSA) is 26.0 Å². The highest BCUT2D eigenvalue weighted by Gasteiger charge is 2.19. The van der Waals surface area contributed by atoms with Gasteiger partial charge in [0.15, 0.2) is 0 Å². The summed E-state index contributed by atoms with van der Waals surface area (Å²) in [5.74, 6) is 0.896. The summed E-state index contributed by atoms with van der Waals surface area (Å²) in [5.41, 5.74) is 5.92. The van der Waals surface area contributed by atoms with Gasteiger partial charge in [0.25, 0.3) is 0 Å². The van der Waals surface area contributed by atoms with Crippen molar-refractivity contribution >= 4 is 11.3 Å². The molecular weight excluding hydrogens is 202 g/mol. The molecule has 1 aliphatic carbocycles. The second-order valence-corrected chi connectivity index (χ2v) is 5.96. The van der Waals surface area contributed by atoms with Crippen molar-refractivity contribution in [2.75, 3.05) is 0 Å². The van der Waals surface area contributed by atoms with Crippen molar-refractivity contribution in [1.82, 2.24) is 0 Å². The highest BCUT2D eigenvalue weighted by Crippen LogP contribution is 2.29. The lowest BCUT2D eigenvalue weighted by molar-refractivity contribution is 0.326. The zero-order valence-electron chi connectivity index (χ0n) is 9.54. The number of hydrogen-bond acceptors (Lipinski definition) is 2. The monoisotopic (exact) mass is 223 g/mol. The van der Waals surface area contributed by atoms with Crippen molar-refractivity contribution in [3.05, 3.63) is 21.9 Å². The molecule has 1 aromatic heterocycles. The Balaban J connectivity index is 1.86. The van der Waals surface area contributed by atoms with Crippen LogP contribution >= 0.6 is 11.3 Å². The van der Waals surface area contributed by atoms with Gasteiger partial charge < -0.3 is 5.73 Å². The molecule has 0 amide bonds. The second kappa shape index (κ2) is 5.13. The molecule has 2 rings (SSSR count). The van der Waals surface area contributed by atoms with Crippen molar-refractivity contribution in [3.63, 3.8) is 0 Å². The van der Waals surface area contributed by atoms with Crippen LogP contribution in [0, 0.1) is 5.92 Å². The Bertz CT molecular complexity index is 297. The Labute approximate surface area is 96.7 Å². The molecule has 0 aromatic carbocycles. The summed E-state index contributed by atoms with van der Waals surface area (Å²) >= 11 is 2.00. The molecular formula is C13H21NS. The van der Waals surface area contributed by atoms with Gasteiger partial charge >= 0.3 is 0 Å². The van der Waals surface area contributed by atoms with E-state index in [2.05, 4.69) is 19.1 Å². The number of aryl methyl sites for hydroxylation is 1. The molecule has 0 bridgehead atoms. The number of nitrogens with two attached hydrogens (primary N) is 1. The zero-order valence-corrected chi connectivity index (χ0v) is 10.4. The average Bonchev–Trinajstić information content (AvgIpc) is 2.69. The van der Waals surface area contributed by atoms with Gasteiger partial charge in [-0.3, -0.25) is 0 Å². The van der Waals surface area contributed by atoms with E-state index in [0.717, 1.165) is 5.92 Å². The summed E-state index contributed by atoms with van der Waals surface area (Å²) in [6.45, 7) is 2.23. The fraction of sp³-hybridized carbons (Fsp3) is 0.692. The van der Waals surface area contributed by atoms with E-state index < -0.39 is 0 Å². The van der Waals surface area contributed by atoms with Crippen molar-refractivity contribution < 1.29 is 0 Å². The summed E-state index contributed by atoms with van der Waals surface area (Å²) in [5, 5.41) is 0. The first-order chi connectivity index (χ1) is 7.28. The normalized spacial score (nSPS) is 26.8. The zero-order chi connectivity index (χ0) is 10.7. The standard InChI is InChI=1S/C13H21NS/c1-2-12-7-8-13(15-12)9-10-3-5-11(14)6-4-10/h7-8,10-11H,2-6,9,14H2,1H3. The molecule has 2 heteroatoms. The molecule has 1 saturated carbocycles. The van der Waals surface area contributed by atoms with E-state index in [0.29, 0.717) is 6.04 Å². The summed E-state index contributed by atoms with van der Waals surface area (Å²) < 4.78 is 0. The highest BCUT2D eigenvalue weighted by molar-refractivity contribution is 7.11. The van der Waals surface area contributed by atoms with Crippen LogP contribution in [0.4, 0.5) is 0 Å². The fourth-order valence-electron chi connectivity index (χ4n) is 2.40. The molecule has 1 fully saturated rings. The molecule has 1 nitrogen and oxygen atoms in total. The first-order valence-corrected chi connectivity index (χ1v) is 6.92. The minimum absolute atomic E-state index is 0.482. The number of rotatable bonds is 3. The fourth-order valence-corrected chi connectivity index (χ4v) is 3.47. The number of thiophene rings is 1. The van der Waals surface area contributed by atoms with Crippen molar-refractivity contribution in [2.24, 2.45) is 11.7 Å². The molecule has 1 aromatic rings. The Hall–Kier alpha value is -0.340. The molecule has 1 aliphatic rings. The van der Waals surface area contributed by atoms with E-state index in [4.69, 9.17) is 5.73 Å². The van der Waals surface area contributed by atoms with Crippen molar-refractivity contribution in [2.45, 2.75) is 51.5 Å². The van der Waals surface area contributed by atoms with Crippen LogP contribution in [0.2, 0.25) is 0 Å². The van der Waals surface area contributed by atoms with Crippen LogP contribution in [-0.4, -0.2) is 6.04 Å². The highest BCUT2D eigenvalue weighted by atomic mass is 32.1. The third-order valence-electron chi connectivity index (χ3n) is 3.45. The number of hydrogen-bond donors (Lipinski definition) is 1. The molecule has 0 radical (unpaired) electrons. The van der Waals surface area contributed by atoms with Crippen LogP contribution in [0.3, 0.4) is 0 Å². The van der Waals surface area contributed by atoms with E-state index in [1.165, 1.54) is 43.4 Å². The maximum Gasteiger partial charge on any atom is 0.00509 e. The van der Waals surface area contributed by atoms with E-state index in [1.54, 1.807) is 4.88 Å². The van der Waals surface area contributed by atoms with Crippen molar-refractivity contribution in [3.8, 4) is 0 Å². The summed E-state index contributed by atoms with van der Waals surface area (Å²) in [6, 6.07) is 5.09. The first kappa shape index (κ1) is 11.2. The van der Waals surface area contributed by atoms with Gasteiger partial charge in [0, 0.05) is 15.8 Å². The molecule has 84 valence electrons. The van der Waals surface area contributed by atoms with Gasteiger partial charge in [0.2, 0.25) is 0 Å². The van der Waals surface area contributed by atoms with Crippen LogP contribution < -0.4 is 5.73 Å². The van der Waals surface area contributed by atoms with Crippen molar-refractivity contribution in [1.29, 1.82) is 0 Å². The van der Waals surface area contributed by atoms with Crippen LogP contribution in [-0.2, 0) is 12.8 Å². The minimum Gasteiger partial charge on any atom is -0.328 e. The van der Waals surface area contributed by atoms with Crippen LogP contribution in [0.5, 0.6) is 0 Å². The lowest BCUT2D eigenvalue weighted by atomic mass is 9.84. The molecule has 0 saturated heterocycles. The molecule has 1 heterocycles. The van der Waals surface area contributed by atoms with Crippen LogP contribution in [0.15, 0.2) is 12.1 Å². The van der Waals surface area contributed by atoms with Gasteiger partial charge in [-0.15, -0.1) is 11.3 Å². The summed E-state index contributed by atoms with van der Waals surface area (Å²) in [7, 11) is 0. The summed E-state index contributed by atoms with van der Waals surface area (Å²) in [4.78, 5) is 3.10. The average molecular weight is 223 g/mol. The molecule has 0 unspecified atom stereocenters. The third-order valence-corrected chi connectivity index (χ3v) is 4.70. The maximum absolute atomic E-state index is 5.92. The lowest BCUT2D eigenvalue weighted by Gasteiger charge is -2.25. The predicted octanol–water partition coefficient (Wildman–Crippen LogP) is 3.37. The Kier molecular flexibility index (Phi) is 3.81. The third kappa shape index (κ3) is 3.05. The van der Waals surface area contributed by atoms with Crippen LogP contribution in [0.25, 0.3) is 0 Å². The lowest BCUT2D eigenvalue weighted by Crippen LogP contribution is -2.27.